The number of benzene rings is 2. The maximum Gasteiger partial charge on any atom is 0.328 e. The molecule has 1 heterocycles. The molecule has 0 atom stereocenters. The molecule has 1 fully saturated rings. The summed E-state index contributed by atoms with van der Waals surface area (Å²) in [4.78, 5) is 25.6. The van der Waals surface area contributed by atoms with Gasteiger partial charge in [-0.1, -0.05) is 32.6 Å². The third kappa shape index (κ3) is 5.88. The largest absolute Gasteiger partial charge is 0.495 e. The van der Waals surface area contributed by atoms with E-state index < -0.39 is 16.1 Å². The molecule has 34 heavy (non-hydrogen) atoms. The van der Waals surface area contributed by atoms with Crippen LogP contribution in [-0.4, -0.2) is 40.3 Å². The monoisotopic (exact) mass is 483 g/mol. The van der Waals surface area contributed by atoms with Crippen molar-refractivity contribution in [1.29, 1.82) is 0 Å². The fourth-order valence-corrected chi connectivity index (χ4v) is 4.27. The molecule has 0 saturated carbocycles. The van der Waals surface area contributed by atoms with Crippen molar-refractivity contribution in [2.75, 3.05) is 29.5 Å². The SMILES string of the molecule is COc1c(C#Cc2ccc(NS(C)(=O)=O)c(C)c2)cc(N2CCC(=O)NC2=O)cc1C(C)(C)C. The van der Waals surface area contributed by atoms with E-state index in [4.69, 9.17) is 4.74 Å². The van der Waals surface area contributed by atoms with E-state index in [0.29, 0.717) is 28.3 Å². The van der Waals surface area contributed by atoms with Crippen molar-refractivity contribution >= 4 is 33.3 Å². The predicted molar refractivity (Wildman–Crippen MR) is 133 cm³/mol. The Balaban J connectivity index is 2.08. The normalized spacial score (nSPS) is 14.2. The van der Waals surface area contributed by atoms with Crippen molar-refractivity contribution in [3.8, 4) is 17.6 Å². The summed E-state index contributed by atoms with van der Waals surface area (Å²) in [7, 11) is -1.80. The van der Waals surface area contributed by atoms with Crippen LogP contribution in [0.2, 0.25) is 0 Å². The number of rotatable bonds is 4. The predicted octanol–water partition coefficient (Wildman–Crippen LogP) is 3.52. The van der Waals surface area contributed by atoms with Crippen LogP contribution in [0.3, 0.4) is 0 Å². The average molecular weight is 484 g/mol. The lowest BCUT2D eigenvalue weighted by Gasteiger charge is -2.30. The minimum absolute atomic E-state index is 0.219. The van der Waals surface area contributed by atoms with Crippen molar-refractivity contribution < 1.29 is 22.7 Å². The van der Waals surface area contributed by atoms with Gasteiger partial charge in [0.1, 0.15) is 5.75 Å². The van der Waals surface area contributed by atoms with Crippen LogP contribution < -0.4 is 19.7 Å². The molecule has 9 heteroatoms. The third-order valence-corrected chi connectivity index (χ3v) is 5.91. The minimum Gasteiger partial charge on any atom is -0.495 e. The zero-order valence-electron chi connectivity index (χ0n) is 20.2. The quantitative estimate of drug-likeness (QED) is 0.648. The first-order valence-electron chi connectivity index (χ1n) is 10.7. The van der Waals surface area contributed by atoms with Crippen LogP contribution >= 0.6 is 0 Å². The van der Waals surface area contributed by atoms with Crippen LogP contribution in [0.4, 0.5) is 16.2 Å². The van der Waals surface area contributed by atoms with Crippen molar-refractivity contribution in [3.05, 3.63) is 52.6 Å². The van der Waals surface area contributed by atoms with Crippen molar-refractivity contribution in [2.24, 2.45) is 0 Å². The van der Waals surface area contributed by atoms with Crippen LogP contribution in [0.1, 0.15) is 49.4 Å². The van der Waals surface area contributed by atoms with Gasteiger partial charge in [0.15, 0.2) is 0 Å². The van der Waals surface area contributed by atoms with Crippen LogP contribution in [0.5, 0.6) is 5.75 Å². The van der Waals surface area contributed by atoms with Gasteiger partial charge in [0.25, 0.3) is 0 Å². The number of sulfonamides is 1. The smallest absolute Gasteiger partial charge is 0.328 e. The second kappa shape index (κ2) is 9.39. The molecule has 1 saturated heterocycles. The molecule has 1 aliphatic heterocycles. The van der Waals surface area contributed by atoms with Gasteiger partial charge >= 0.3 is 6.03 Å². The van der Waals surface area contributed by atoms with E-state index in [0.717, 1.165) is 17.4 Å². The molecule has 3 amide bonds. The van der Waals surface area contributed by atoms with Gasteiger partial charge in [0.2, 0.25) is 15.9 Å². The summed E-state index contributed by atoms with van der Waals surface area (Å²) >= 11 is 0. The van der Waals surface area contributed by atoms with E-state index in [2.05, 4.69) is 21.9 Å². The van der Waals surface area contributed by atoms with Crippen LogP contribution in [0, 0.1) is 18.8 Å². The highest BCUT2D eigenvalue weighted by Gasteiger charge is 2.28. The first-order valence-corrected chi connectivity index (χ1v) is 12.6. The number of imide groups is 1. The lowest BCUT2D eigenvalue weighted by molar-refractivity contribution is -0.120. The number of carbonyl (C=O) groups is 2. The number of nitrogens with zero attached hydrogens (tertiary/aromatic N) is 1. The summed E-state index contributed by atoms with van der Waals surface area (Å²) in [6.45, 7) is 8.21. The molecule has 0 bridgehead atoms. The van der Waals surface area contributed by atoms with Crippen LogP contribution in [0.25, 0.3) is 0 Å². The van der Waals surface area contributed by atoms with E-state index in [1.54, 1.807) is 38.3 Å². The summed E-state index contributed by atoms with van der Waals surface area (Å²) in [5, 5.41) is 2.35. The number of amides is 3. The van der Waals surface area contributed by atoms with Crippen molar-refractivity contribution in [2.45, 2.75) is 39.5 Å². The Bertz CT molecular complexity index is 1310. The van der Waals surface area contributed by atoms with E-state index in [9.17, 15) is 18.0 Å². The molecule has 2 N–H and O–H groups in total. The molecule has 2 aromatic rings. The molecule has 180 valence electrons. The Morgan fingerprint density at radius 3 is 2.38 bits per heavy atom. The molecule has 2 aromatic carbocycles. The Morgan fingerprint density at radius 2 is 1.82 bits per heavy atom. The zero-order chi connectivity index (χ0) is 25.3. The lowest BCUT2D eigenvalue weighted by atomic mass is 9.84. The average Bonchev–Trinajstić information content (AvgIpc) is 2.72. The standard InChI is InChI=1S/C25H29N3O5S/c1-16-13-17(8-10-21(16)27-34(6,31)32)7-9-18-14-19(28-12-11-22(29)26-24(28)30)15-20(23(18)33-5)25(2,3)4/h8,10,13-15,27H,11-12H2,1-6H3,(H,26,29,30). The summed E-state index contributed by atoms with van der Waals surface area (Å²) in [5.74, 6) is 6.58. The van der Waals surface area contributed by atoms with Gasteiger partial charge in [0, 0.05) is 29.8 Å². The second-order valence-electron chi connectivity index (χ2n) is 9.23. The van der Waals surface area contributed by atoms with Gasteiger partial charge in [-0.25, -0.2) is 13.2 Å². The maximum atomic E-state index is 12.5. The second-order valence-corrected chi connectivity index (χ2v) is 11.0. The molecule has 8 nitrogen and oxygen atoms in total. The highest BCUT2D eigenvalue weighted by atomic mass is 32.2. The van der Waals surface area contributed by atoms with Gasteiger partial charge in [-0.2, -0.15) is 0 Å². The Kier molecular flexibility index (Phi) is 6.94. The lowest BCUT2D eigenvalue weighted by Crippen LogP contribution is -2.49. The van der Waals surface area contributed by atoms with E-state index in [-0.39, 0.29) is 24.3 Å². The number of ether oxygens (including phenoxy) is 1. The number of hydrogen-bond donors (Lipinski definition) is 2. The Hall–Kier alpha value is -3.51. The van der Waals surface area contributed by atoms with E-state index >= 15 is 0 Å². The number of aryl methyl sites for hydroxylation is 1. The van der Waals surface area contributed by atoms with Crippen LogP contribution in [-0.2, 0) is 20.2 Å². The number of nitrogens with one attached hydrogen (secondary N) is 2. The summed E-state index contributed by atoms with van der Waals surface area (Å²) in [5.41, 5.74) is 3.74. The van der Waals surface area contributed by atoms with Gasteiger partial charge in [0.05, 0.1) is 24.6 Å². The first kappa shape index (κ1) is 25.1. The molecule has 0 unspecified atom stereocenters. The summed E-state index contributed by atoms with van der Waals surface area (Å²) < 4.78 is 31.3. The maximum absolute atomic E-state index is 12.5. The van der Waals surface area contributed by atoms with E-state index in [1.807, 2.05) is 26.8 Å². The zero-order valence-corrected chi connectivity index (χ0v) is 21.0. The fourth-order valence-electron chi connectivity index (χ4n) is 3.64. The van der Waals surface area contributed by atoms with Gasteiger partial charge < -0.3 is 4.74 Å². The molecule has 0 radical (unpaired) electrons. The minimum atomic E-state index is -3.38. The third-order valence-electron chi connectivity index (χ3n) is 5.31. The fraction of sp³-hybridized carbons (Fsp3) is 0.360. The Labute approximate surface area is 200 Å². The van der Waals surface area contributed by atoms with E-state index in [1.165, 1.54) is 4.90 Å². The van der Waals surface area contributed by atoms with Crippen molar-refractivity contribution in [1.82, 2.24) is 5.32 Å². The molecule has 0 spiro atoms. The summed E-state index contributed by atoms with van der Waals surface area (Å²) in [6.07, 6.45) is 1.32. The van der Waals surface area contributed by atoms with Crippen LogP contribution in [0.15, 0.2) is 30.3 Å². The Morgan fingerprint density at radius 1 is 1.12 bits per heavy atom. The molecule has 3 rings (SSSR count). The van der Waals surface area contributed by atoms with Gasteiger partial charge in [-0.3, -0.25) is 19.7 Å². The number of urea groups is 1. The highest BCUT2D eigenvalue weighted by molar-refractivity contribution is 7.92. The summed E-state index contributed by atoms with van der Waals surface area (Å²) in [6, 6.07) is 8.41. The number of methoxy groups -OCH3 is 1. The highest BCUT2D eigenvalue weighted by Crippen LogP contribution is 2.38. The molecular weight excluding hydrogens is 454 g/mol. The van der Waals surface area contributed by atoms with Gasteiger partial charge in [-0.05, 0) is 48.2 Å². The molecule has 1 aliphatic rings. The number of anilines is 2. The number of hydrogen-bond acceptors (Lipinski definition) is 5. The van der Waals surface area contributed by atoms with Gasteiger partial charge in [-0.15, -0.1) is 0 Å². The molecular formula is C25H29N3O5S. The number of carbonyl (C=O) groups excluding carboxylic acids is 2. The molecule has 0 aliphatic carbocycles. The first-order chi connectivity index (χ1) is 15.8. The molecule has 0 aromatic heterocycles. The topological polar surface area (TPSA) is 105 Å². The van der Waals surface area contributed by atoms with Crippen molar-refractivity contribution in [3.63, 3.8) is 0 Å².